The van der Waals surface area contributed by atoms with Crippen molar-refractivity contribution >= 4 is 29.0 Å². The van der Waals surface area contributed by atoms with Crippen LogP contribution in [0.4, 0.5) is 17.5 Å². The van der Waals surface area contributed by atoms with E-state index in [0.29, 0.717) is 28.8 Å². The van der Waals surface area contributed by atoms with Crippen molar-refractivity contribution in [3.63, 3.8) is 0 Å². The van der Waals surface area contributed by atoms with Crippen LogP contribution >= 0.6 is 0 Å². The maximum atomic E-state index is 12.3. The van der Waals surface area contributed by atoms with E-state index in [4.69, 9.17) is 15.2 Å². The van der Waals surface area contributed by atoms with E-state index in [0.717, 1.165) is 5.56 Å². The number of benzene rings is 2. The van der Waals surface area contributed by atoms with Crippen molar-refractivity contribution in [1.82, 2.24) is 14.4 Å². The van der Waals surface area contributed by atoms with Gasteiger partial charge < -0.3 is 25.8 Å². The van der Waals surface area contributed by atoms with E-state index in [9.17, 15) is 4.79 Å². The second kappa shape index (κ2) is 8.84. The Balaban J connectivity index is 1.80. The number of ether oxygens (including phenoxy) is 2. The minimum atomic E-state index is -0.645. The lowest BCUT2D eigenvalue weighted by Gasteiger charge is -2.19. The van der Waals surface area contributed by atoms with Crippen LogP contribution in [0.2, 0.25) is 0 Å². The Hall–Kier alpha value is -4.27. The number of carbonyl (C=O) groups is 1. The van der Waals surface area contributed by atoms with Crippen molar-refractivity contribution in [3.05, 3.63) is 72.1 Å². The summed E-state index contributed by atoms with van der Waals surface area (Å²) >= 11 is 0. The number of rotatable bonds is 8. The molecule has 0 bridgehead atoms. The highest BCUT2D eigenvalue weighted by molar-refractivity contribution is 6.04. The number of carbonyl (C=O) groups excluding carboxylic acids is 1. The Labute approximate surface area is 185 Å². The van der Waals surface area contributed by atoms with Gasteiger partial charge in [0.05, 0.1) is 20.3 Å². The summed E-state index contributed by atoms with van der Waals surface area (Å²) in [7, 11) is 3.13. The standard InChI is InChI=1S/C23H24N6O3/c1-14(15-7-5-4-6-8-15)26-23-28-21(19(20(24)30)22-25-9-10-29(22)23)27-16-11-17(31-2)13-18(12-16)32-3/h4-14,27H,1-3H3,(H2,24,30)(H,26,28)/t14-/m1/s1. The van der Waals surface area contributed by atoms with Crippen molar-refractivity contribution < 1.29 is 14.3 Å². The molecule has 4 aromatic rings. The number of methoxy groups -OCH3 is 2. The first-order valence-corrected chi connectivity index (χ1v) is 9.98. The summed E-state index contributed by atoms with van der Waals surface area (Å²) in [6.07, 6.45) is 3.33. The number of nitrogens with two attached hydrogens (primary N) is 1. The molecule has 32 heavy (non-hydrogen) atoms. The Morgan fingerprint density at radius 3 is 2.41 bits per heavy atom. The molecule has 0 spiro atoms. The zero-order valence-electron chi connectivity index (χ0n) is 18.0. The molecule has 4 rings (SSSR count). The summed E-state index contributed by atoms with van der Waals surface area (Å²) in [5.41, 5.74) is 7.99. The van der Waals surface area contributed by atoms with E-state index < -0.39 is 5.91 Å². The first-order chi connectivity index (χ1) is 15.5. The Morgan fingerprint density at radius 2 is 1.78 bits per heavy atom. The van der Waals surface area contributed by atoms with Crippen LogP contribution in [0.5, 0.6) is 11.5 Å². The number of nitrogens with zero attached hydrogens (tertiary/aromatic N) is 3. The lowest BCUT2D eigenvalue weighted by Crippen LogP contribution is -2.19. The monoisotopic (exact) mass is 432 g/mol. The average molecular weight is 432 g/mol. The number of anilines is 3. The van der Waals surface area contributed by atoms with Gasteiger partial charge in [-0.2, -0.15) is 4.98 Å². The van der Waals surface area contributed by atoms with Crippen LogP contribution in [0.3, 0.4) is 0 Å². The lowest BCUT2D eigenvalue weighted by molar-refractivity contribution is 0.100. The summed E-state index contributed by atoms with van der Waals surface area (Å²) in [6.45, 7) is 2.03. The third-order valence-electron chi connectivity index (χ3n) is 5.05. The van der Waals surface area contributed by atoms with Gasteiger partial charge in [0.2, 0.25) is 5.95 Å². The number of imidazole rings is 1. The molecule has 0 fully saturated rings. The van der Waals surface area contributed by atoms with Crippen LogP contribution in [0.1, 0.15) is 28.9 Å². The molecule has 0 aliphatic heterocycles. The molecule has 1 atom stereocenters. The molecular formula is C23H24N6O3. The quantitative estimate of drug-likeness (QED) is 0.388. The molecule has 164 valence electrons. The lowest BCUT2D eigenvalue weighted by atomic mass is 10.1. The van der Waals surface area contributed by atoms with Crippen LogP contribution in [0, 0.1) is 0 Å². The Morgan fingerprint density at radius 1 is 1.09 bits per heavy atom. The van der Waals surface area contributed by atoms with Crippen molar-refractivity contribution in [2.75, 3.05) is 24.9 Å². The molecule has 0 saturated heterocycles. The molecule has 2 aromatic heterocycles. The van der Waals surface area contributed by atoms with Gasteiger partial charge in [-0.15, -0.1) is 0 Å². The summed E-state index contributed by atoms with van der Waals surface area (Å²) in [6, 6.07) is 15.2. The fourth-order valence-corrected chi connectivity index (χ4v) is 3.44. The molecule has 0 aliphatic rings. The minimum Gasteiger partial charge on any atom is -0.497 e. The smallest absolute Gasteiger partial charge is 0.256 e. The molecule has 1 amide bonds. The number of nitrogens with one attached hydrogen (secondary N) is 2. The largest absolute Gasteiger partial charge is 0.497 e. The summed E-state index contributed by atoms with van der Waals surface area (Å²) in [5, 5.41) is 6.57. The highest BCUT2D eigenvalue weighted by Crippen LogP contribution is 2.31. The van der Waals surface area contributed by atoms with E-state index in [2.05, 4.69) is 20.6 Å². The third kappa shape index (κ3) is 4.13. The van der Waals surface area contributed by atoms with E-state index in [1.165, 1.54) is 0 Å². The highest BCUT2D eigenvalue weighted by Gasteiger charge is 2.21. The fourth-order valence-electron chi connectivity index (χ4n) is 3.44. The molecule has 0 saturated carbocycles. The predicted molar refractivity (Wildman–Crippen MR) is 123 cm³/mol. The van der Waals surface area contributed by atoms with Crippen molar-refractivity contribution in [1.29, 1.82) is 0 Å². The highest BCUT2D eigenvalue weighted by atomic mass is 16.5. The molecule has 9 nitrogen and oxygen atoms in total. The summed E-state index contributed by atoms with van der Waals surface area (Å²) in [5.74, 6) is 1.31. The topological polar surface area (TPSA) is 116 Å². The van der Waals surface area contributed by atoms with Gasteiger partial charge in [0, 0.05) is 36.3 Å². The molecular weight excluding hydrogens is 408 g/mol. The molecule has 9 heteroatoms. The van der Waals surface area contributed by atoms with Crippen LogP contribution in [-0.2, 0) is 0 Å². The summed E-state index contributed by atoms with van der Waals surface area (Å²) in [4.78, 5) is 21.4. The van der Waals surface area contributed by atoms with Gasteiger partial charge in [-0.1, -0.05) is 30.3 Å². The van der Waals surface area contributed by atoms with Gasteiger partial charge in [-0.3, -0.25) is 9.20 Å². The summed E-state index contributed by atoms with van der Waals surface area (Å²) < 4.78 is 12.4. The van der Waals surface area contributed by atoms with E-state index in [1.807, 2.05) is 37.3 Å². The van der Waals surface area contributed by atoms with Gasteiger partial charge in [-0.05, 0) is 12.5 Å². The van der Waals surface area contributed by atoms with Gasteiger partial charge in [0.15, 0.2) is 11.5 Å². The first-order valence-electron chi connectivity index (χ1n) is 9.98. The van der Waals surface area contributed by atoms with Gasteiger partial charge in [0.25, 0.3) is 5.91 Å². The van der Waals surface area contributed by atoms with E-state index in [-0.39, 0.29) is 17.4 Å². The number of amides is 1. The molecule has 2 aromatic carbocycles. The van der Waals surface area contributed by atoms with Crippen molar-refractivity contribution in [3.8, 4) is 11.5 Å². The second-order valence-corrected chi connectivity index (χ2v) is 7.15. The fraction of sp³-hybridized carbons (Fsp3) is 0.174. The number of fused-ring (bicyclic) bond motifs is 1. The van der Waals surface area contributed by atoms with Crippen LogP contribution < -0.4 is 25.8 Å². The number of hydrogen-bond donors (Lipinski definition) is 3. The van der Waals surface area contributed by atoms with Gasteiger partial charge in [-0.25, -0.2) is 4.98 Å². The maximum Gasteiger partial charge on any atom is 0.256 e. The number of aromatic nitrogens is 3. The second-order valence-electron chi connectivity index (χ2n) is 7.15. The van der Waals surface area contributed by atoms with Crippen LogP contribution in [0.25, 0.3) is 5.65 Å². The SMILES string of the molecule is COc1cc(Nc2nc(N[C@H](C)c3ccccc3)n3ccnc3c2C(N)=O)cc(OC)c1. The molecule has 0 aliphatic carbocycles. The van der Waals surface area contributed by atoms with Crippen molar-refractivity contribution in [2.24, 2.45) is 5.73 Å². The van der Waals surface area contributed by atoms with Crippen LogP contribution in [-0.4, -0.2) is 34.5 Å². The van der Waals surface area contributed by atoms with Gasteiger partial charge in [0.1, 0.15) is 17.1 Å². The molecule has 0 radical (unpaired) electrons. The Bertz CT molecular complexity index is 1230. The maximum absolute atomic E-state index is 12.3. The zero-order chi connectivity index (χ0) is 22.7. The number of primary amides is 1. The van der Waals surface area contributed by atoms with E-state index >= 15 is 0 Å². The zero-order valence-corrected chi connectivity index (χ0v) is 18.0. The molecule has 2 heterocycles. The molecule has 0 unspecified atom stereocenters. The number of hydrogen-bond acceptors (Lipinski definition) is 7. The Kier molecular flexibility index (Phi) is 5.80. The minimum absolute atomic E-state index is 0.0431. The normalized spacial score (nSPS) is 11.7. The predicted octanol–water partition coefficient (Wildman–Crippen LogP) is 3.76. The third-order valence-corrected chi connectivity index (χ3v) is 5.05. The van der Waals surface area contributed by atoms with Crippen LogP contribution in [0.15, 0.2) is 60.9 Å². The molecule has 4 N–H and O–H groups in total. The van der Waals surface area contributed by atoms with E-state index in [1.54, 1.807) is 49.2 Å². The van der Waals surface area contributed by atoms with Gasteiger partial charge >= 0.3 is 0 Å². The first kappa shape index (κ1) is 21.0. The van der Waals surface area contributed by atoms with Crippen molar-refractivity contribution in [2.45, 2.75) is 13.0 Å². The average Bonchev–Trinajstić information content (AvgIpc) is 3.29.